The SMILES string of the molecule is O=C(O)c1cc(Cl)nc2cccc(Cl)c12. The molecule has 1 heterocycles. The van der Waals surface area contributed by atoms with Gasteiger partial charge in [-0.05, 0) is 18.2 Å². The summed E-state index contributed by atoms with van der Waals surface area (Å²) in [6.45, 7) is 0. The van der Waals surface area contributed by atoms with E-state index in [9.17, 15) is 4.79 Å². The van der Waals surface area contributed by atoms with Crippen molar-refractivity contribution in [2.45, 2.75) is 0 Å². The molecular weight excluding hydrogens is 237 g/mol. The fourth-order valence-corrected chi connectivity index (χ4v) is 1.85. The average molecular weight is 242 g/mol. The van der Waals surface area contributed by atoms with Crippen LogP contribution in [0.4, 0.5) is 0 Å². The zero-order chi connectivity index (χ0) is 11.0. The van der Waals surface area contributed by atoms with Gasteiger partial charge in [0.25, 0.3) is 0 Å². The minimum absolute atomic E-state index is 0.0654. The standard InChI is InChI=1S/C10H5Cl2NO2/c11-6-2-1-3-7-9(6)5(10(14)15)4-8(12)13-7/h1-4H,(H,14,15). The number of hydrogen-bond acceptors (Lipinski definition) is 2. The summed E-state index contributed by atoms with van der Waals surface area (Å²) in [6, 6.07) is 6.27. The molecule has 0 aliphatic rings. The third kappa shape index (κ3) is 1.76. The maximum Gasteiger partial charge on any atom is 0.336 e. The number of rotatable bonds is 1. The molecule has 0 unspecified atom stereocenters. The molecule has 0 radical (unpaired) electrons. The highest BCUT2D eigenvalue weighted by molar-refractivity contribution is 6.37. The highest BCUT2D eigenvalue weighted by Crippen LogP contribution is 2.27. The first-order valence-electron chi connectivity index (χ1n) is 4.07. The van der Waals surface area contributed by atoms with Gasteiger partial charge in [-0.25, -0.2) is 9.78 Å². The molecular formula is C10H5Cl2NO2. The fourth-order valence-electron chi connectivity index (χ4n) is 1.38. The van der Waals surface area contributed by atoms with Crippen LogP contribution in [0, 0.1) is 0 Å². The van der Waals surface area contributed by atoms with E-state index in [-0.39, 0.29) is 10.7 Å². The van der Waals surface area contributed by atoms with Gasteiger partial charge in [-0.2, -0.15) is 0 Å². The summed E-state index contributed by atoms with van der Waals surface area (Å²) >= 11 is 11.6. The second-order valence-corrected chi connectivity index (χ2v) is 3.73. The van der Waals surface area contributed by atoms with Crippen LogP contribution in [0.2, 0.25) is 10.2 Å². The Morgan fingerprint density at radius 1 is 1.33 bits per heavy atom. The third-order valence-electron chi connectivity index (χ3n) is 1.98. The second kappa shape index (κ2) is 3.68. The lowest BCUT2D eigenvalue weighted by atomic mass is 10.1. The highest BCUT2D eigenvalue weighted by Gasteiger charge is 2.13. The molecule has 0 amide bonds. The molecule has 3 nitrogen and oxygen atoms in total. The number of hydrogen-bond donors (Lipinski definition) is 1. The van der Waals surface area contributed by atoms with Crippen LogP contribution in [0.15, 0.2) is 24.3 Å². The molecule has 0 aliphatic heterocycles. The van der Waals surface area contributed by atoms with Gasteiger partial charge >= 0.3 is 5.97 Å². The molecule has 0 bridgehead atoms. The van der Waals surface area contributed by atoms with Crippen LogP contribution in [0.1, 0.15) is 10.4 Å². The van der Waals surface area contributed by atoms with Gasteiger partial charge in [-0.1, -0.05) is 29.3 Å². The maximum absolute atomic E-state index is 11.0. The normalized spacial score (nSPS) is 10.5. The number of aromatic nitrogens is 1. The molecule has 0 saturated heterocycles. The van der Waals surface area contributed by atoms with E-state index in [2.05, 4.69) is 4.98 Å². The number of fused-ring (bicyclic) bond motifs is 1. The lowest BCUT2D eigenvalue weighted by Crippen LogP contribution is -1.99. The summed E-state index contributed by atoms with van der Waals surface area (Å²) < 4.78 is 0. The number of pyridine rings is 1. The summed E-state index contributed by atoms with van der Waals surface area (Å²) in [5, 5.41) is 9.90. The predicted molar refractivity (Wildman–Crippen MR) is 58.7 cm³/mol. The van der Waals surface area contributed by atoms with E-state index < -0.39 is 5.97 Å². The largest absolute Gasteiger partial charge is 0.478 e. The van der Waals surface area contributed by atoms with Crippen LogP contribution in [-0.4, -0.2) is 16.1 Å². The van der Waals surface area contributed by atoms with Crippen molar-refractivity contribution < 1.29 is 9.90 Å². The Labute approximate surface area is 95.3 Å². The highest BCUT2D eigenvalue weighted by atomic mass is 35.5. The van der Waals surface area contributed by atoms with E-state index in [1.54, 1.807) is 18.2 Å². The van der Waals surface area contributed by atoms with E-state index >= 15 is 0 Å². The molecule has 76 valence electrons. The summed E-state index contributed by atoms with van der Waals surface area (Å²) in [6.07, 6.45) is 0. The zero-order valence-corrected chi connectivity index (χ0v) is 8.88. The molecule has 0 atom stereocenters. The van der Waals surface area contributed by atoms with Crippen LogP contribution in [0.3, 0.4) is 0 Å². The van der Waals surface area contributed by atoms with Crippen molar-refractivity contribution in [3.05, 3.63) is 40.0 Å². The summed E-state index contributed by atoms with van der Waals surface area (Å²) in [5.74, 6) is -1.07. The van der Waals surface area contributed by atoms with Crippen molar-refractivity contribution in [3.63, 3.8) is 0 Å². The van der Waals surface area contributed by atoms with Gasteiger partial charge < -0.3 is 5.11 Å². The smallest absolute Gasteiger partial charge is 0.336 e. The van der Waals surface area contributed by atoms with E-state index in [1.807, 2.05) is 0 Å². The summed E-state index contributed by atoms with van der Waals surface area (Å²) in [4.78, 5) is 15.0. The quantitative estimate of drug-likeness (QED) is 0.781. The monoisotopic (exact) mass is 241 g/mol. The summed E-state index contributed by atoms with van der Waals surface area (Å²) in [5.41, 5.74) is 0.544. The Hall–Kier alpha value is -1.32. The molecule has 5 heteroatoms. The number of carboxylic acid groups (broad SMARTS) is 1. The molecule has 0 saturated carbocycles. The Kier molecular flexibility index (Phi) is 2.50. The zero-order valence-electron chi connectivity index (χ0n) is 7.37. The van der Waals surface area contributed by atoms with E-state index in [4.69, 9.17) is 28.3 Å². The summed E-state index contributed by atoms with van der Waals surface area (Å²) in [7, 11) is 0. The minimum Gasteiger partial charge on any atom is -0.478 e. The van der Waals surface area contributed by atoms with Gasteiger partial charge in [0.2, 0.25) is 0 Å². The van der Waals surface area contributed by atoms with Gasteiger partial charge in [0.1, 0.15) is 5.15 Å². The Morgan fingerprint density at radius 3 is 2.73 bits per heavy atom. The first-order valence-corrected chi connectivity index (χ1v) is 4.83. The van der Waals surface area contributed by atoms with Gasteiger partial charge in [-0.15, -0.1) is 0 Å². The van der Waals surface area contributed by atoms with Crippen molar-refractivity contribution >= 4 is 40.1 Å². The predicted octanol–water partition coefficient (Wildman–Crippen LogP) is 3.24. The van der Waals surface area contributed by atoms with Crippen LogP contribution in [0.25, 0.3) is 10.9 Å². The molecule has 0 aliphatic carbocycles. The minimum atomic E-state index is -1.07. The van der Waals surface area contributed by atoms with E-state index in [0.717, 1.165) is 0 Å². The van der Waals surface area contributed by atoms with Gasteiger partial charge in [0.05, 0.1) is 16.1 Å². The molecule has 1 N–H and O–H groups in total. The fraction of sp³-hybridized carbons (Fsp3) is 0. The van der Waals surface area contributed by atoms with Crippen LogP contribution >= 0.6 is 23.2 Å². The number of carbonyl (C=O) groups is 1. The molecule has 1 aromatic heterocycles. The number of nitrogens with zero attached hydrogens (tertiary/aromatic N) is 1. The third-order valence-corrected chi connectivity index (χ3v) is 2.49. The Balaban J connectivity index is 2.94. The second-order valence-electron chi connectivity index (χ2n) is 2.93. The Morgan fingerprint density at radius 2 is 2.07 bits per heavy atom. The molecule has 0 spiro atoms. The van der Waals surface area contributed by atoms with Crippen molar-refractivity contribution in [2.75, 3.05) is 0 Å². The van der Waals surface area contributed by atoms with E-state index in [0.29, 0.717) is 15.9 Å². The van der Waals surface area contributed by atoms with Crippen molar-refractivity contribution in [2.24, 2.45) is 0 Å². The number of benzene rings is 1. The van der Waals surface area contributed by atoms with E-state index in [1.165, 1.54) is 6.07 Å². The molecule has 2 aromatic rings. The van der Waals surface area contributed by atoms with Gasteiger partial charge in [-0.3, -0.25) is 0 Å². The first kappa shape index (κ1) is 10.2. The topological polar surface area (TPSA) is 50.2 Å². The van der Waals surface area contributed by atoms with Gasteiger partial charge in [0.15, 0.2) is 0 Å². The van der Waals surface area contributed by atoms with Crippen LogP contribution in [0.5, 0.6) is 0 Å². The van der Waals surface area contributed by atoms with Crippen molar-refractivity contribution in [1.82, 2.24) is 4.98 Å². The first-order chi connectivity index (χ1) is 7.09. The Bertz CT molecular complexity index is 554. The van der Waals surface area contributed by atoms with Crippen molar-refractivity contribution in [1.29, 1.82) is 0 Å². The average Bonchev–Trinajstić information content (AvgIpc) is 2.16. The lowest BCUT2D eigenvalue weighted by molar-refractivity contribution is 0.0699. The lowest BCUT2D eigenvalue weighted by Gasteiger charge is -2.04. The molecule has 1 aromatic carbocycles. The van der Waals surface area contributed by atoms with Crippen LogP contribution < -0.4 is 0 Å². The van der Waals surface area contributed by atoms with Crippen LogP contribution in [-0.2, 0) is 0 Å². The number of carboxylic acids is 1. The van der Waals surface area contributed by atoms with Crippen molar-refractivity contribution in [3.8, 4) is 0 Å². The number of aromatic carboxylic acids is 1. The molecule has 0 fully saturated rings. The number of halogens is 2. The molecule has 2 rings (SSSR count). The van der Waals surface area contributed by atoms with Gasteiger partial charge in [0, 0.05) is 5.39 Å². The molecule has 15 heavy (non-hydrogen) atoms. The maximum atomic E-state index is 11.0.